The zero-order valence-corrected chi connectivity index (χ0v) is 3.57. The van der Waals surface area contributed by atoms with Gasteiger partial charge in [-0.1, -0.05) is 0 Å². The van der Waals surface area contributed by atoms with E-state index in [1.807, 2.05) is 0 Å². The summed E-state index contributed by atoms with van der Waals surface area (Å²) < 4.78 is 0. The smallest absolute Gasteiger partial charge is 0.444 e. The maximum atomic E-state index is 8.11. The molecule has 0 aromatic rings. The van der Waals surface area contributed by atoms with Crippen molar-refractivity contribution >= 4 is 0 Å². The number of rotatable bonds is 0. The molecule has 0 aromatic carbocycles. The van der Waals surface area contributed by atoms with Crippen LogP contribution in [0.5, 0.6) is 0 Å². The molecule has 0 radical (unpaired) electrons. The summed E-state index contributed by atoms with van der Waals surface area (Å²) in [5.41, 5.74) is 0. The van der Waals surface area contributed by atoms with Gasteiger partial charge < -0.3 is 15.3 Å². The first-order chi connectivity index (χ1) is 2.83. The molecule has 0 amide bonds. The molecule has 6 nitrogen and oxygen atoms in total. The molecular formula is HLiN2O4. The van der Waals surface area contributed by atoms with Gasteiger partial charge in [0.25, 0.3) is 0 Å². The molecule has 0 aliphatic carbocycles. The summed E-state index contributed by atoms with van der Waals surface area (Å²) in [6.45, 7) is 0. The van der Waals surface area contributed by atoms with Crippen LogP contribution in [-0.4, -0.2) is 5.21 Å². The van der Waals surface area contributed by atoms with Crippen molar-refractivity contribution < 1.29 is 24.1 Å². The SMILES string of the molecule is O=NO.O=N[O-].[Li+]. The van der Waals surface area contributed by atoms with E-state index in [0.29, 0.717) is 0 Å². The maximum absolute atomic E-state index is 8.11. The predicted molar refractivity (Wildman–Crippen MR) is 16.7 cm³/mol. The zero-order valence-electron chi connectivity index (χ0n) is 3.57. The van der Waals surface area contributed by atoms with Crippen LogP contribution in [0.1, 0.15) is 0 Å². The van der Waals surface area contributed by atoms with Crippen LogP contribution in [0.2, 0.25) is 0 Å². The van der Waals surface area contributed by atoms with Crippen LogP contribution >= 0.6 is 0 Å². The largest absolute Gasteiger partial charge is 1.00 e. The summed E-state index contributed by atoms with van der Waals surface area (Å²) >= 11 is 0. The van der Waals surface area contributed by atoms with Crippen LogP contribution < -0.4 is 18.9 Å². The van der Waals surface area contributed by atoms with E-state index < -0.39 is 0 Å². The molecule has 0 bridgehead atoms. The van der Waals surface area contributed by atoms with Crippen molar-refractivity contribution in [3.63, 3.8) is 0 Å². The third-order valence-corrected chi connectivity index (χ3v) is 0. The molecule has 7 heavy (non-hydrogen) atoms. The predicted octanol–water partition coefficient (Wildman–Crippen LogP) is -2.60. The topological polar surface area (TPSA) is 102 Å². The van der Waals surface area contributed by atoms with E-state index in [-0.39, 0.29) is 18.9 Å². The molecule has 0 heterocycles. The standard InChI is InChI=1S/Li.2HNO2/c;2*2-1-3/h;2*(H,2,3)/q+1;;/p-1. The summed E-state index contributed by atoms with van der Waals surface area (Å²) in [5.74, 6) is 0. The van der Waals surface area contributed by atoms with Gasteiger partial charge in [-0.15, -0.1) is 10.2 Å². The normalized spacial score (nSPS) is 3.43. The Morgan fingerprint density at radius 2 is 1.43 bits per heavy atom. The molecular weight excluding hydrogens is 99.0 g/mol. The minimum Gasteiger partial charge on any atom is -0.444 e. The second-order valence-corrected chi connectivity index (χ2v) is 0.156. The minimum absolute atomic E-state index is 0. The van der Waals surface area contributed by atoms with Gasteiger partial charge in [0.05, 0.1) is 0 Å². The molecule has 0 saturated heterocycles. The summed E-state index contributed by atoms with van der Waals surface area (Å²) in [7, 11) is 0. The Bertz CT molecular complexity index is 30.7. The number of hydrogen-bond donors (Lipinski definition) is 1. The van der Waals surface area contributed by atoms with E-state index in [1.54, 1.807) is 0 Å². The molecule has 0 rings (SSSR count). The van der Waals surface area contributed by atoms with Gasteiger partial charge in [-0.3, -0.25) is 0 Å². The Balaban J connectivity index is -0.0000000400. The second-order valence-electron chi connectivity index (χ2n) is 0.156. The van der Waals surface area contributed by atoms with E-state index in [1.165, 1.54) is 5.34 Å². The average Bonchev–Trinajstić information content (AvgIpc) is 1.39. The van der Waals surface area contributed by atoms with Crippen molar-refractivity contribution in [2.24, 2.45) is 10.7 Å². The molecule has 0 aliphatic rings. The van der Waals surface area contributed by atoms with E-state index >= 15 is 0 Å². The van der Waals surface area contributed by atoms with E-state index in [4.69, 9.17) is 20.2 Å². The Hall–Kier alpha value is -0.603. The molecule has 0 aromatic heterocycles. The van der Waals surface area contributed by atoms with E-state index in [0.717, 1.165) is 5.34 Å². The van der Waals surface area contributed by atoms with Crippen molar-refractivity contribution in [1.82, 2.24) is 0 Å². The first kappa shape index (κ1) is 16.1. The van der Waals surface area contributed by atoms with Gasteiger partial charge in [0.2, 0.25) is 0 Å². The van der Waals surface area contributed by atoms with Gasteiger partial charge in [0.15, 0.2) is 5.34 Å². The Morgan fingerprint density at radius 1 is 1.43 bits per heavy atom. The van der Waals surface area contributed by atoms with Crippen molar-refractivity contribution in [3.8, 4) is 0 Å². The zero-order chi connectivity index (χ0) is 5.41. The van der Waals surface area contributed by atoms with Crippen LogP contribution in [0.25, 0.3) is 0 Å². The van der Waals surface area contributed by atoms with Crippen LogP contribution in [0.3, 0.4) is 0 Å². The molecule has 36 valence electrons. The van der Waals surface area contributed by atoms with Crippen LogP contribution in [0.4, 0.5) is 0 Å². The van der Waals surface area contributed by atoms with Crippen molar-refractivity contribution in [2.75, 3.05) is 0 Å². The van der Waals surface area contributed by atoms with E-state index in [2.05, 4.69) is 0 Å². The van der Waals surface area contributed by atoms with Crippen molar-refractivity contribution in [1.29, 1.82) is 0 Å². The molecule has 0 fully saturated rings. The molecule has 0 spiro atoms. The first-order valence-corrected chi connectivity index (χ1v) is 0.748. The van der Waals surface area contributed by atoms with Crippen LogP contribution in [0.15, 0.2) is 10.7 Å². The fourth-order valence-electron chi connectivity index (χ4n) is 0. The fourth-order valence-corrected chi connectivity index (χ4v) is 0. The molecule has 0 atom stereocenters. The third-order valence-electron chi connectivity index (χ3n) is 0. The van der Waals surface area contributed by atoms with Gasteiger partial charge in [0, 0.05) is 0 Å². The minimum atomic E-state index is 0. The first-order valence-electron chi connectivity index (χ1n) is 0.748. The molecule has 0 saturated carbocycles. The third kappa shape index (κ3) is 172. The average molecular weight is 100.0 g/mol. The monoisotopic (exact) mass is 100 g/mol. The number of nitrogens with zero attached hydrogens (tertiary/aromatic N) is 2. The van der Waals surface area contributed by atoms with E-state index in [9.17, 15) is 0 Å². The quantitative estimate of drug-likeness (QED) is 0.205. The summed E-state index contributed by atoms with van der Waals surface area (Å²) in [6.07, 6.45) is 0. The van der Waals surface area contributed by atoms with Crippen molar-refractivity contribution in [2.45, 2.75) is 0 Å². The van der Waals surface area contributed by atoms with Gasteiger partial charge in [-0.25, -0.2) is 0 Å². The molecule has 0 aliphatic heterocycles. The van der Waals surface area contributed by atoms with Crippen LogP contribution in [0, 0.1) is 15.0 Å². The fraction of sp³-hybridized carbons (Fsp3) is 0. The van der Waals surface area contributed by atoms with Gasteiger partial charge in [-0.2, -0.15) is 0 Å². The van der Waals surface area contributed by atoms with Gasteiger partial charge in [0.1, 0.15) is 0 Å². The number of hydrogen-bond acceptors (Lipinski definition) is 5. The maximum Gasteiger partial charge on any atom is 1.00 e. The molecule has 0 unspecified atom stereocenters. The summed E-state index contributed by atoms with van der Waals surface area (Å²) in [4.78, 5) is 16.1. The van der Waals surface area contributed by atoms with Crippen LogP contribution in [-0.2, 0) is 0 Å². The second kappa shape index (κ2) is 53.4. The Kier molecular flexibility index (Phi) is 123. The molecule has 7 heteroatoms. The Morgan fingerprint density at radius 3 is 1.43 bits per heavy atom. The van der Waals surface area contributed by atoms with Gasteiger partial charge in [-0.05, 0) is 0 Å². The summed E-state index contributed by atoms with van der Waals surface area (Å²) in [5, 5.41) is 16.9. The van der Waals surface area contributed by atoms with Crippen molar-refractivity contribution in [3.05, 3.63) is 15.0 Å². The Labute approximate surface area is 50.6 Å². The summed E-state index contributed by atoms with van der Waals surface area (Å²) in [6, 6.07) is 0. The molecule has 1 N–H and O–H groups in total. The van der Waals surface area contributed by atoms with Gasteiger partial charge >= 0.3 is 18.9 Å².